The molecule has 2 aromatic heterocycles. The molecule has 3 aromatic rings. The predicted molar refractivity (Wildman–Crippen MR) is 100 cm³/mol. The van der Waals surface area contributed by atoms with Gasteiger partial charge in [0, 0.05) is 24.8 Å². The van der Waals surface area contributed by atoms with Crippen molar-refractivity contribution in [2.45, 2.75) is 19.4 Å². The number of nitrogens with zero attached hydrogens (tertiary/aromatic N) is 2. The number of anilines is 1. The van der Waals surface area contributed by atoms with Gasteiger partial charge in [-0.15, -0.1) is 0 Å². The molecule has 3 heterocycles. The van der Waals surface area contributed by atoms with Gasteiger partial charge in [-0.2, -0.15) is 0 Å². The zero-order valence-corrected chi connectivity index (χ0v) is 15.1. The number of carbonyl (C=O) groups is 1. The van der Waals surface area contributed by atoms with Crippen LogP contribution in [0.4, 0.5) is 5.69 Å². The number of benzene rings is 1. The lowest BCUT2D eigenvalue weighted by atomic mass is 10.1. The van der Waals surface area contributed by atoms with Crippen molar-refractivity contribution in [3.05, 3.63) is 51.9 Å². The lowest BCUT2D eigenvalue weighted by Gasteiger charge is -2.12. The summed E-state index contributed by atoms with van der Waals surface area (Å²) in [6.07, 6.45) is 0.949. The summed E-state index contributed by atoms with van der Waals surface area (Å²) >= 11 is 0. The quantitative estimate of drug-likeness (QED) is 0.734. The normalized spacial score (nSPS) is 16.6. The van der Waals surface area contributed by atoms with Crippen molar-refractivity contribution in [1.82, 2.24) is 14.8 Å². The summed E-state index contributed by atoms with van der Waals surface area (Å²) in [4.78, 5) is 29.3. The molecule has 1 amide bonds. The smallest absolute Gasteiger partial charge is 0.274 e. The third-order valence-corrected chi connectivity index (χ3v) is 4.49. The van der Waals surface area contributed by atoms with Crippen LogP contribution in [0.15, 0.2) is 35.1 Å². The van der Waals surface area contributed by atoms with Gasteiger partial charge in [-0.05, 0) is 37.3 Å². The van der Waals surface area contributed by atoms with Crippen LogP contribution in [0.2, 0.25) is 0 Å². The van der Waals surface area contributed by atoms with Gasteiger partial charge in [-0.3, -0.25) is 19.4 Å². The monoisotopic (exact) mass is 368 g/mol. The molecule has 1 saturated heterocycles. The average Bonchev–Trinajstić information content (AvgIpc) is 3.24. The molecule has 1 aromatic carbocycles. The fourth-order valence-corrected chi connectivity index (χ4v) is 3.18. The molecule has 2 N–H and O–H groups in total. The molecule has 0 bridgehead atoms. The lowest BCUT2D eigenvalue weighted by Crippen LogP contribution is -2.16. The van der Waals surface area contributed by atoms with Gasteiger partial charge >= 0.3 is 0 Å². The molecular formula is C19H20N4O4. The van der Waals surface area contributed by atoms with E-state index in [4.69, 9.17) is 9.47 Å². The maximum absolute atomic E-state index is 12.8. The fourth-order valence-electron chi connectivity index (χ4n) is 3.18. The van der Waals surface area contributed by atoms with Gasteiger partial charge in [-0.1, -0.05) is 0 Å². The van der Waals surface area contributed by atoms with Crippen LogP contribution >= 0.6 is 0 Å². The Morgan fingerprint density at radius 3 is 2.85 bits per heavy atom. The summed E-state index contributed by atoms with van der Waals surface area (Å²) in [5.41, 5.74) is 1.68. The van der Waals surface area contributed by atoms with E-state index in [1.54, 1.807) is 44.3 Å². The van der Waals surface area contributed by atoms with Gasteiger partial charge in [0.1, 0.15) is 11.9 Å². The molecular weight excluding hydrogens is 348 g/mol. The highest BCUT2D eigenvalue weighted by molar-refractivity contribution is 6.11. The van der Waals surface area contributed by atoms with Crippen LogP contribution in [0.3, 0.4) is 0 Å². The van der Waals surface area contributed by atoms with E-state index in [1.807, 2.05) is 0 Å². The third kappa shape index (κ3) is 3.43. The Morgan fingerprint density at radius 1 is 1.37 bits per heavy atom. The number of amides is 1. The Hall–Kier alpha value is -3.13. The minimum atomic E-state index is -0.361. The molecule has 27 heavy (non-hydrogen) atoms. The van der Waals surface area contributed by atoms with E-state index < -0.39 is 0 Å². The van der Waals surface area contributed by atoms with E-state index in [1.165, 1.54) is 4.68 Å². The first-order valence-electron chi connectivity index (χ1n) is 8.73. The number of pyridine rings is 1. The molecule has 4 rings (SSSR count). The molecule has 1 aliphatic rings. The Kier molecular flexibility index (Phi) is 4.41. The molecule has 1 aliphatic heterocycles. The molecule has 0 spiro atoms. The summed E-state index contributed by atoms with van der Waals surface area (Å²) in [6, 6.07) is 8.75. The third-order valence-electron chi connectivity index (χ3n) is 4.49. The zero-order valence-electron chi connectivity index (χ0n) is 15.1. The van der Waals surface area contributed by atoms with Gasteiger partial charge in [0.05, 0.1) is 24.2 Å². The largest absolute Gasteiger partial charge is 0.488 e. The summed E-state index contributed by atoms with van der Waals surface area (Å²) in [5.74, 6) is 0.366. The zero-order chi connectivity index (χ0) is 19.0. The standard InChI is InChI=1S/C19H20N4O4/c1-11-9-15(16-17(20-11)23(2)22-19(16)25)18(24)21-12-3-5-13(6-4-12)27-14-7-8-26-10-14/h3-6,9,14H,7-8,10H2,1-2H3,(H,21,24)(H,22,25)/t14-/m0/s1. The van der Waals surface area contributed by atoms with Crippen LogP contribution in [0.1, 0.15) is 22.5 Å². The highest BCUT2D eigenvalue weighted by atomic mass is 16.5. The second kappa shape index (κ2) is 6.88. The maximum atomic E-state index is 12.8. The van der Waals surface area contributed by atoms with Crippen molar-refractivity contribution in [3.63, 3.8) is 0 Å². The average molecular weight is 368 g/mol. The van der Waals surface area contributed by atoms with Gasteiger partial charge in [0.2, 0.25) is 0 Å². The van der Waals surface area contributed by atoms with E-state index in [9.17, 15) is 9.59 Å². The van der Waals surface area contributed by atoms with E-state index >= 15 is 0 Å². The first-order valence-corrected chi connectivity index (χ1v) is 8.73. The van der Waals surface area contributed by atoms with Crippen molar-refractivity contribution >= 4 is 22.6 Å². The minimum Gasteiger partial charge on any atom is -0.488 e. The highest BCUT2D eigenvalue weighted by Crippen LogP contribution is 2.21. The number of nitrogens with one attached hydrogen (secondary N) is 2. The number of fused-ring (bicyclic) bond motifs is 1. The summed E-state index contributed by atoms with van der Waals surface area (Å²) in [7, 11) is 1.69. The molecule has 140 valence electrons. The van der Waals surface area contributed by atoms with E-state index in [2.05, 4.69) is 15.4 Å². The molecule has 8 nitrogen and oxygen atoms in total. The number of carbonyl (C=O) groups excluding carboxylic acids is 1. The lowest BCUT2D eigenvalue weighted by molar-refractivity contribution is 0.102. The molecule has 0 saturated carbocycles. The Labute approximate surface area is 155 Å². The summed E-state index contributed by atoms with van der Waals surface area (Å²) in [5, 5.41) is 5.74. The highest BCUT2D eigenvalue weighted by Gasteiger charge is 2.19. The number of rotatable bonds is 4. The molecule has 8 heteroatoms. The number of H-pyrrole nitrogens is 1. The van der Waals surface area contributed by atoms with Crippen molar-refractivity contribution in [1.29, 1.82) is 0 Å². The Bertz CT molecular complexity index is 1050. The topological polar surface area (TPSA) is 98.2 Å². The number of aromatic amines is 1. The van der Waals surface area contributed by atoms with Crippen LogP contribution in [0.25, 0.3) is 11.0 Å². The molecule has 1 atom stereocenters. The van der Waals surface area contributed by atoms with Gasteiger partial charge < -0.3 is 14.8 Å². The number of aromatic nitrogens is 3. The number of ether oxygens (including phenoxy) is 2. The van der Waals surface area contributed by atoms with E-state index in [0.29, 0.717) is 29.2 Å². The molecule has 1 fully saturated rings. The van der Waals surface area contributed by atoms with Crippen LogP contribution in [-0.4, -0.2) is 40.0 Å². The number of aryl methyl sites for hydroxylation is 2. The second-order valence-electron chi connectivity index (χ2n) is 6.59. The van der Waals surface area contributed by atoms with Crippen LogP contribution < -0.4 is 15.6 Å². The fraction of sp³-hybridized carbons (Fsp3) is 0.316. The second-order valence-corrected chi connectivity index (χ2v) is 6.59. The van der Waals surface area contributed by atoms with E-state index in [-0.39, 0.29) is 23.0 Å². The SMILES string of the molecule is Cc1cc(C(=O)Nc2ccc(O[C@H]3CCOC3)cc2)c2c(=O)[nH]n(C)c2n1. The van der Waals surface area contributed by atoms with E-state index in [0.717, 1.165) is 18.8 Å². The first kappa shape index (κ1) is 17.3. The van der Waals surface area contributed by atoms with Crippen molar-refractivity contribution in [2.75, 3.05) is 18.5 Å². The Morgan fingerprint density at radius 2 is 2.15 bits per heavy atom. The number of hydrogen-bond acceptors (Lipinski definition) is 5. The van der Waals surface area contributed by atoms with Crippen LogP contribution in [0.5, 0.6) is 5.75 Å². The Balaban J connectivity index is 1.55. The van der Waals surface area contributed by atoms with Crippen molar-refractivity contribution in [2.24, 2.45) is 7.05 Å². The van der Waals surface area contributed by atoms with Gasteiger partial charge in [0.15, 0.2) is 5.65 Å². The van der Waals surface area contributed by atoms with Crippen LogP contribution in [-0.2, 0) is 11.8 Å². The molecule has 0 aliphatic carbocycles. The maximum Gasteiger partial charge on any atom is 0.274 e. The minimum absolute atomic E-state index is 0.0725. The van der Waals surface area contributed by atoms with Crippen LogP contribution in [0, 0.1) is 6.92 Å². The summed E-state index contributed by atoms with van der Waals surface area (Å²) < 4.78 is 12.6. The molecule has 0 radical (unpaired) electrons. The molecule has 0 unspecified atom stereocenters. The van der Waals surface area contributed by atoms with Gasteiger partial charge in [0.25, 0.3) is 11.5 Å². The first-order chi connectivity index (χ1) is 13.0. The van der Waals surface area contributed by atoms with Gasteiger partial charge in [-0.25, -0.2) is 4.98 Å². The summed E-state index contributed by atoms with van der Waals surface area (Å²) in [6.45, 7) is 3.10. The number of hydrogen-bond donors (Lipinski definition) is 2. The van der Waals surface area contributed by atoms with Crippen molar-refractivity contribution < 1.29 is 14.3 Å². The van der Waals surface area contributed by atoms with Crippen molar-refractivity contribution in [3.8, 4) is 5.75 Å². The predicted octanol–water partition coefficient (Wildman–Crippen LogP) is 1.99.